The first-order valence-corrected chi connectivity index (χ1v) is 7.52. The zero-order chi connectivity index (χ0) is 16.8. The van der Waals surface area contributed by atoms with E-state index in [0.717, 1.165) is 17.0 Å². The van der Waals surface area contributed by atoms with Crippen molar-refractivity contribution in [1.29, 1.82) is 0 Å². The largest absolute Gasteiger partial charge is 0.497 e. The average molecular weight is 313 g/mol. The van der Waals surface area contributed by atoms with Crippen molar-refractivity contribution in [2.45, 2.75) is 13.0 Å². The van der Waals surface area contributed by atoms with Crippen molar-refractivity contribution in [2.75, 3.05) is 27.7 Å². The molecule has 0 aliphatic heterocycles. The molecule has 1 atom stereocenters. The molecule has 1 N–H and O–H groups in total. The number of aryl methyl sites for hydroxylation is 1. The summed E-state index contributed by atoms with van der Waals surface area (Å²) in [6.45, 7) is 2.42. The molecule has 0 fully saturated rings. The van der Waals surface area contributed by atoms with Gasteiger partial charge in [-0.2, -0.15) is 0 Å². The quantitative estimate of drug-likeness (QED) is 0.890. The first-order valence-electron chi connectivity index (χ1n) is 7.52. The molecular formula is C18H23N3O2. The van der Waals surface area contributed by atoms with Gasteiger partial charge in [-0.05, 0) is 50.8 Å². The summed E-state index contributed by atoms with van der Waals surface area (Å²) in [4.78, 5) is 18.5. The second-order valence-corrected chi connectivity index (χ2v) is 5.65. The van der Waals surface area contributed by atoms with Crippen molar-refractivity contribution < 1.29 is 9.53 Å². The van der Waals surface area contributed by atoms with E-state index in [4.69, 9.17) is 4.74 Å². The number of nitrogens with one attached hydrogen (secondary N) is 1. The number of hydrogen-bond acceptors (Lipinski definition) is 4. The van der Waals surface area contributed by atoms with Crippen LogP contribution in [0, 0.1) is 6.92 Å². The zero-order valence-electron chi connectivity index (χ0n) is 14.0. The number of aromatic nitrogens is 1. The van der Waals surface area contributed by atoms with Crippen LogP contribution >= 0.6 is 0 Å². The van der Waals surface area contributed by atoms with Crippen LogP contribution in [-0.2, 0) is 0 Å². The van der Waals surface area contributed by atoms with Gasteiger partial charge in [0.2, 0.25) is 0 Å². The van der Waals surface area contributed by atoms with Crippen LogP contribution in [0.1, 0.15) is 27.7 Å². The fourth-order valence-electron chi connectivity index (χ4n) is 2.32. The minimum absolute atomic E-state index is 0.0864. The molecule has 5 heteroatoms. The monoisotopic (exact) mass is 313 g/mol. The molecule has 0 saturated heterocycles. The Hall–Kier alpha value is -2.40. The molecule has 23 heavy (non-hydrogen) atoms. The number of methoxy groups -OCH3 is 1. The number of pyridine rings is 1. The minimum Gasteiger partial charge on any atom is -0.497 e. The van der Waals surface area contributed by atoms with Gasteiger partial charge in [-0.1, -0.05) is 12.1 Å². The number of nitrogens with zero attached hydrogens (tertiary/aromatic N) is 2. The summed E-state index contributed by atoms with van der Waals surface area (Å²) >= 11 is 0. The molecular weight excluding hydrogens is 290 g/mol. The molecule has 1 amide bonds. The average Bonchev–Trinajstić information content (AvgIpc) is 2.55. The van der Waals surface area contributed by atoms with Crippen molar-refractivity contribution in [1.82, 2.24) is 15.2 Å². The molecule has 122 valence electrons. The maximum absolute atomic E-state index is 12.2. The summed E-state index contributed by atoms with van der Waals surface area (Å²) in [7, 11) is 5.64. The summed E-state index contributed by atoms with van der Waals surface area (Å²) in [6.07, 6.45) is 1.60. The van der Waals surface area contributed by atoms with E-state index in [-0.39, 0.29) is 11.9 Å². The molecule has 0 spiro atoms. The number of benzene rings is 1. The van der Waals surface area contributed by atoms with Gasteiger partial charge >= 0.3 is 0 Å². The Bertz CT molecular complexity index is 636. The van der Waals surface area contributed by atoms with E-state index in [1.54, 1.807) is 19.4 Å². The van der Waals surface area contributed by atoms with Crippen molar-refractivity contribution >= 4 is 5.91 Å². The van der Waals surface area contributed by atoms with Crippen LogP contribution in [0.3, 0.4) is 0 Å². The van der Waals surface area contributed by atoms with Crippen LogP contribution in [0.4, 0.5) is 0 Å². The third-order valence-electron chi connectivity index (χ3n) is 3.75. The maximum atomic E-state index is 12.2. The van der Waals surface area contributed by atoms with E-state index in [0.29, 0.717) is 12.1 Å². The first-order chi connectivity index (χ1) is 11.0. The Morgan fingerprint density at radius 2 is 1.91 bits per heavy atom. The predicted molar refractivity (Wildman–Crippen MR) is 90.7 cm³/mol. The van der Waals surface area contributed by atoms with Crippen LogP contribution in [0.2, 0.25) is 0 Å². The normalized spacial score (nSPS) is 12.0. The molecule has 2 aromatic rings. The highest BCUT2D eigenvalue weighted by Gasteiger charge is 2.16. The van der Waals surface area contributed by atoms with Crippen molar-refractivity contribution in [3.8, 4) is 5.75 Å². The molecule has 0 radical (unpaired) electrons. The molecule has 0 aliphatic carbocycles. The molecule has 5 nitrogen and oxygen atoms in total. The first kappa shape index (κ1) is 17.0. The number of amides is 1. The van der Waals surface area contributed by atoms with Crippen molar-refractivity contribution in [3.63, 3.8) is 0 Å². The van der Waals surface area contributed by atoms with Gasteiger partial charge < -0.3 is 15.0 Å². The third kappa shape index (κ3) is 4.53. The van der Waals surface area contributed by atoms with Gasteiger partial charge in [0.1, 0.15) is 5.75 Å². The SMILES string of the molecule is COc1ccc(C(CNC(=O)c2ccc(C)nc2)N(C)C)cc1. The molecule has 1 heterocycles. The number of likely N-dealkylation sites (N-methyl/N-ethyl adjacent to an activating group) is 1. The van der Waals surface area contributed by atoms with Gasteiger partial charge in [-0.3, -0.25) is 9.78 Å². The van der Waals surface area contributed by atoms with Gasteiger partial charge in [0.25, 0.3) is 5.91 Å². The smallest absolute Gasteiger partial charge is 0.252 e. The van der Waals surface area contributed by atoms with Gasteiger partial charge in [-0.15, -0.1) is 0 Å². The lowest BCUT2D eigenvalue weighted by Gasteiger charge is -2.25. The van der Waals surface area contributed by atoms with Gasteiger partial charge in [0.15, 0.2) is 0 Å². The Kier molecular flexibility index (Phi) is 5.71. The number of rotatable bonds is 6. The third-order valence-corrected chi connectivity index (χ3v) is 3.75. The van der Waals surface area contributed by atoms with Crippen LogP contribution in [0.15, 0.2) is 42.6 Å². The van der Waals surface area contributed by atoms with Crippen LogP contribution in [0.25, 0.3) is 0 Å². The number of hydrogen-bond donors (Lipinski definition) is 1. The predicted octanol–water partition coefficient (Wildman–Crippen LogP) is 2.43. The fraction of sp³-hybridized carbons (Fsp3) is 0.333. The Morgan fingerprint density at radius 1 is 1.22 bits per heavy atom. The highest BCUT2D eigenvalue weighted by Crippen LogP contribution is 2.20. The molecule has 1 unspecified atom stereocenters. The van der Waals surface area contributed by atoms with E-state index in [9.17, 15) is 4.79 Å². The molecule has 0 bridgehead atoms. The Morgan fingerprint density at radius 3 is 2.43 bits per heavy atom. The molecule has 0 saturated carbocycles. The second-order valence-electron chi connectivity index (χ2n) is 5.65. The van der Waals surface area contributed by atoms with E-state index in [1.165, 1.54) is 0 Å². The fourth-order valence-corrected chi connectivity index (χ4v) is 2.32. The highest BCUT2D eigenvalue weighted by molar-refractivity contribution is 5.93. The summed E-state index contributed by atoms with van der Waals surface area (Å²) < 4.78 is 5.18. The highest BCUT2D eigenvalue weighted by atomic mass is 16.5. The summed E-state index contributed by atoms with van der Waals surface area (Å²) in [5, 5.41) is 2.98. The second kappa shape index (κ2) is 7.74. The van der Waals surface area contributed by atoms with Gasteiger partial charge in [0, 0.05) is 18.4 Å². The van der Waals surface area contributed by atoms with Crippen LogP contribution in [-0.4, -0.2) is 43.5 Å². The van der Waals surface area contributed by atoms with Crippen LogP contribution in [0.5, 0.6) is 5.75 Å². The number of carbonyl (C=O) groups is 1. The van der Waals surface area contributed by atoms with Crippen LogP contribution < -0.4 is 10.1 Å². The molecule has 0 aliphatic rings. The lowest BCUT2D eigenvalue weighted by atomic mass is 10.1. The summed E-state index contributed by atoms with van der Waals surface area (Å²) in [6, 6.07) is 11.6. The maximum Gasteiger partial charge on any atom is 0.252 e. The molecule has 1 aromatic heterocycles. The zero-order valence-corrected chi connectivity index (χ0v) is 14.0. The Balaban J connectivity index is 2.04. The van der Waals surface area contributed by atoms with E-state index in [2.05, 4.69) is 15.2 Å². The minimum atomic E-state index is -0.113. The number of ether oxygens (including phenoxy) is 1. The van der Waals surface area contributed by atoms with Crippen molar-refractivity contribution in [2.24, 2.45) is 0 Å². The van der Waals surface area contributed by atoms with E-state index >= 15 is 0 Å². The summed E-state index contributed by atoms with van der Waals surface area (Å²) in [5.74, 6) is 0.707. The van der Waals surface area contributed by atoms with Crippen molar-refractivity contribution in [3.05, 3.63) is 59.4 Å². The van der Waals surface area contributed by atoms with Gasteiger partial charge in [0.05, 0.1) is 18.7 Å². The van der Waals surface area contributed by atoms with E-state index < -0.39 is 0 Å². The Labute approximate surface area is 137 Å². The topological polar surface area (TPSA) is 54.5 Å². The molecule has 1 aromatic carbocycles. The standard InChI is InChI=1S/C18H23N3O2/c1-13-5-6-15(11-19-13)18(22)20-12-17(21(2)3)14-7-9-16(23-4)10-8-14/h5-11,17H,12H2,1-4H3,(H,20,22). The lowest BCUT2D eigenvalue weighted by Crippen LogP contribution is -2.34. The molecule has 2 rings (SSSR count). The lowest BCUT2D eigenvalue weighted by molar-refractivity contribution is 0.0941. The number of carbonyl (C=O) groups excluding carboxylic acids is 1. The van der Waals surface area contributed by atoms with E-state index in [1.807, 2.05) is 51.4 Å². The summed E-state index contributed by atoms with van der Waals surface area (Å²) in [5.41, 5.74) is 2.59. The van der Waals surface area contributed by atoms with Gasteiger partial charge in [-0.25, -0.2) is 0 Å².